The van der Waals surface area contributed by atoms with E-state index >= 15 is 0 Å². The van der Waals surface area contributed by atoms with Gasteiger partial charge in [0, 0.05) is 18.3 Å². The Morgan fingerprint density at radius 1 is 1.19 bits per heavy atom. The van der Waals surface area contributed by atoms with Gasteiger partial charge in [0.1, 0.15) is 5.75 Å². The summed E-state index contributed by atoms with van der Waals surface area (Å²) in [4.78, 5) is 13.9. The molecule has 0 aliphatic carbocycles. The number of para-hydroxylation sites is 2. The van der Waals surface area contributed by atoms with Gasteiger partial charge in [0.15, 0.2) is 11.6 Å². The van der Waals surface area contributed by atoms with Crippen LogP contribution in [0.4, 0.5) is 28.9 Å². The number of carbonyl (C=O) groups is 1. The number of alkyl halides is 2. The second kappa shape index (κ2) is 7.63. The van der Waals surface area contributed by atoms with Crippen molar-refractivity contribution in [3.63, 3.8) is 0 Å². The zero-order valence-corrected chi connectivity index (χ0v) is 13.6. The Labute approximate surface area is 147 Å². The van der Waals surface area contributed by atoms with E-state index in [1.807, 2.05) is 0 Å². The molecule has 1 heterocycles. The summed E-state index contributed by atoms with van der Waals surface area (Å²) >= 11 is 0. The Bertz CT molecular complexity index is 814. The number of ether oxygens (including phenoxy) is 1. The van der Waals surface area contributed by atoms with E-state index in [9.17, 15) is 22.4 Å². The SMILES string of the molecule is O=C(CN1CCCc2cc(F)c(F)cc21)Nc1ccccc1OC(F)F. The minimum atomic E-state index is -3.01. The van der Waals surface area contributed by atoms with Crippen LogP contribution in [0.2, 0.25) is 0 Å². The molecule has 0 saturated carbocycles. The third kappa shape index (κ3) is 4.07. The van der Waals surface area contributed by atoms with Crippen LogP contribution in [0.1, 0.15) is 12.0 Å². The van der Waals surface area contributed by atoms with Crippen LogP contribution in [0.25, 0.3) is 0 Å². The van der Waals surface area contributed by atoms with Crippen LogP contribution in [0.3, 0.4) is 0 Å². The summed E-state index contributed by atoms with van der Waals surface area (Å²) in [6.07, 6.45) is 1.28. The number of anilines is 2. The predicted octanol–water partition coefficient (Wildman–Crippen LogP) is 3.96. The molecule has 1 aliphatic heterocycles. The molecule has 4 nitrogen and oxygen atoms in total. The third-order valence-electron chi connectivity index (χ3n) is 4.05. The van der Waals surface area contributed by atoms with E-state index in [1.54, 1.807) is 11.0 Å². The first kappa shape index (κ1) is 18.0. The van der Waals surface area contributed by atoms with E-state index in [4.69, 9.17) is 0 Å². The van der Waals surface area contributed by atoms with Crippen molar-refractivity contribution in [2.75, 3.05) is 23.3 Å². The third-order valence-corrected chi connectivity index (χ3v) is 4.05. The molecule has 2 aromatic rings. The molecular formula is C18H16F4N2O2. The average Bonchev–Trinajstić information content (AvgIpc) is 2.58. The fourth-order valence-electron chi connectivity index (χ4n) is 2.95. The van der Waals surface area contributed by atoms with Crippen molar-refractivity contribution < 1.29 is 27.1 Å². The average molecular weight is 368 g/mol. The van der Waals surface area contributed by atoms with E-state index in [0.717, 1.165) is 12.1 Å². The van der Waals surface area contributed by atoms with Gasteiger partial charge < -0.3 is 15.0 Å². The Morgan fingerprint density at radius 2 is 1.92 bits per heavy atom. The summed E-state index contributed by atoms with van der Waals surface area (Å²) in [6.45, 7) is -2.64. The van der Waals surface area contributed by atoms with Crippen molar-refractivity contribution in [2.24, 2.45) is 0 Å². The molecule has 1 N–H and O–H groups in total. The predicted molar refractivity (Wildman–Crippen MR) is 88.6 cm³/mol. The van der Waals surface area contributed by atoms with Crippen LogP contribution in [0.15, 0.2) is 36.4 Å². The molecule has 1 aliphatic rings. The second-order valence-electron chi connectivity index (χ2n) is 5.84. The van der Waals surface area contributed by atoms with Crippen LogP contribution in [-0.4, -0.2) is 25.6 Å². The van der Waals surface area contributed by atoms with Gasteiger partial charge in [-0.3, -0.25) is 4.79 Å². The number of nitrogens with zero attached hydrogens (tertiary/aromatic N) is 1. The number of nitrogens with one attached hydrogen (secondary N) is 1. The Morgan fingerprint density at radius 3 is 2.69 bits per heavy atom. The lowest BCUT2D eigenvalue weighted by atomic mass is 10.0. The summed E-state index contributed by atoms with van der Waals surface area (Å²) in [5.41, 5.74) is 1.20. The van der Waals surface area contributed by atoms with Crippen LogP contribution in [0, 0.1) is 11.6 Å². The number of fused-ring (bicyclic) bond motifs is 1. The molecule has 0 spiro atoms. The number of carbonyl (C=O) groups excluding carboxylic acids is 1. The normalized spacial score (nSPS) is 13.5. The smallest absolute Gasteiger partial charge is 0.387 e. The summed E-state index contributed by atoms with van der Waals surface area (Å²) < 4.78 is 56.2. The maximum Gasteiger partial charge on any atom is 0.387 e. The largest absolute Gasteiger partial charge is 0.433 e. The molecule has 0 radical (unpaired) electrons. The Kier molecular flexibility index (Phi) is 5.29. The van der Waals surface area contributed by atoms with Crippen molar-refractivity contribution in [3.05, 3.63) is 53.6 Å². The summed E-state index contributed by atoms with van der Waals surface area (Å²) in [6, 6.07) is 8.05. The van der Waals surface area contributed by atoms with Gasteiger partial charge in [-0.1, -0.05) is 12.1 Å². The van der Waals surface area contributed by atoms with E-state index in [2.05, 4.69) is 10.1 Å². The molecule has 0 atom stereocenters. The molecule has 8 heteroatoms. The van der Waals surface area contributed by atoms with Crippen molar-refractivity contribution >= 4 is 17.3 Å². The maximum atomic E-state index is 13.5. The fraction of sp³-hybridized carbons (Fsp3) is 0.278. The van der Waals surface area contributed by atoms with Crippen molar-refractivity contribution in [2.45, 2.75) is 19.5 Å². The molecule has 0 fully saturated rings. The molecule has 1 amide bonds. The van der Waals surface area contributed by atoms with Crippen molar-refractivity contribution in [1.29, 1.82) is 0 Å². The summed E-state index contributed by atoms with van der Waals surface area (Å²) in [5, 5.41) is 2.51. The van der Waals surface area contributed by atoms with Gasteiger partial charge in [-0.25, -0.2) is 8.78 Å². The van der Waals surface area contributed by atoms with Gasteiger partial charge in [-0.15, -0.1) is 0 Å². The van der Waals surface area contributed by atoms with E-state index < -0.39 is 24.2 Å². The summed E-state index contributed by atoms with van der Waals surface area (Å²) in [7, 11) is 0. The number of halogens is 4. The molecule has 26 heavy (non-hydrogen) atoms. The topological polar surface area (TPSA) is 41.6 Å². The highest BCUT2D eigenvalue weighted by Gasteiger charge is 2.22. The number of benzene rings is 2. The monoisotopic (exact) mass is 368 g/mol. The zero-order chi connectivity index (χ0) is 18.7. The number of amides is 1. The second-order valence-corrected chi connectivity index (χ2v) is 5.84. The molecule has 0 bridgehead atoms. The lowest BCUT2D eigenvalue weighted by Gasteiger charge is -2.30. The molecule has 138 valence electrons. The fourth-order valence-corrected chi connectivity index (χ4v) is 2.95. The molecular weight excluding hydrogens is 352 g/mol. The zero-order valence-electron chi connectivity index (χ0n) is 13.6. The van der Waals surface area contributed by atoms with Gasteiger partial charge in [0.25, 0.3) is 0 Å². The van der Waals surface area contributed by atoms with Gasteiger partial charge in [0.05, 0.1) is 12.2 Å². The van der Waals surface area contributed by atoms with Crippen LogP contribution in [-0.2, 0) is 11.2 Å². The van der Waals surface area contributed by atoms with E-state index in [-0.39, 0.29) is 18.0 Å². The van der Waals surface area contributed by atoms with Crippen molar-refractivity contribution in [3.8, 4) is 5.75 Å². The highest BCUT2D eigenvalue weighted by atomic mass is 19.3. The number of aryl methyl sites for hydroxylation is 1. The number of hydrogen-bond acceptors (Lipinski definition) is 3. The van der Waals surface area contributed by atoms with Crippen LogP contribution in [0.5, 0.6) is 5.75 Å². The first-order chi connectivity index (χ1) is 12.4. The van der Waals surface area contributed by atoms with Gasteiger partial charge in [-0.05, 0) is 36.6 Å². The minimum absolute atomic E-state index is 0.111. The molecule has 0 unspecified atom stereocenters. The van der Waals surface area contributed by atoms with E-state index in [0.29, 0.717) is 30.6 Å². The molecule has 0 aromatic heterocycles. The van der Waals surface area contributed by atoms with Gasteiger partial charge in [-0.2, -0.15) is 8.78 Å². The lowest BCUT2D eigenvalue weighted by Crippen LogP contribution is -2.37. The molecule has 3 rings (SSSR count). The molecule has 2 aromatic carbocycles. The first-order valence-corrected chi connectivity index (χ1v) is 8.00. The highest BCUT2D eigenvalue weighted by molar-refractivity contribution is 5.95. The lowest BCUT2D eigenvalue weighted by molar-refractivity contribution is -0.115. The highest BCUT2D eigenvalue weighted by Crippen LogP contribution is 2.30. The maximum absolute atomic E-state index is 13.5. The van der Waals surface area contributed by atoms with E-state index in [1.165, 1.54) is 18.2 Å². The molecule has 0 saturated heterocycles. The standard InChI is InChI=1S/C18H16F4N2O2/c19-12-8-11-4-3-7-24(15(11)9-13(12)20)10-17(25)23-14-5-1-2-6-16(14)26-18(21)22/h1-2,5-6,8-9,18H,3-4,7,10H2,(H,23,25). The first-order valence-electron chi connectivity index (χ1n) is 8.00. The quantitative estimate of drug-likeness (QED) is 0.813. The van der Waals surface area contributed by atoms with Gasteiger partial charge in [0.2, 0.25) is 5.91 Å². The minimum Gasteiger partial charge on any atom is -0.433 e. The van der Waals surface area contributed by atoms with Crippen LogP contribution < -0.4 is 15.0 Å². The van der Waals surface area contributed by atoms with Crippen LogP contribution >= 0.6 is 0 Å². The Balaban J connectivity index is 1.73. The number of rotatable bonds is 5. The van der Waals surface area contributed by atoms with Gasteiger partial charge >= 0.3 is 6.61 Å². The summed E-state index contributed by atoms with van der Waals surface area (Å²) in [5.74, 6) is -2.53. The van der Waals surface area contributed by atoms with Crippen molar-refractivity contribution in [1.82, 2.24) is 0 Å². The number of hydrogen-bond donors (Lipinski definition) is 1. The Hall–Kier alpha value is -2.77.